The molecule has 2 amide bonds. The quantitative estimate of drug-likeness (QED) is 0.199. The Morgan fingerprint density at radius 1 is 0.925 bits per heavy atom. The van der Waals surface area contributed by atoms with E-state index < -0.39 is 0 Å². The summed E-state index contributed by atoms with van der Waals surface area (Å²) < 4.78 is 13.5. The van der Waals surface area contributed by atoms with E-state index in [9.17, 15) is 14.0 Å². The SMILES string of the molecule is Cc1cc2c(c3ccccc13)[C@H](CCl)CN2C(=O)c1cc2cc(NC(=O)c3cc4cc(F)ccc4[nH]3)ccc2[nH]1. The van der Waals surface area contributed by atoms with Crippen molar-refractivity contribution >= 4 is 67.4 Å². The molecule has 0 saturated carbocycles. The summed E-state index contributed by atoms with van der Waals surface area (Å²) in [5.74, 6) is -0.369. The first-order chi connectivity index (χ1) is 19.4. The van der Waals surface area contributed by atoms with E-state index in [1.165, 1.54) is 17.5 Å². The highest BCUT2D eigenvalue weighted by Gasteiger charge is 2.35. The molecule has 7 rings (SSSR count). The normalized spacial score (nSPS) is 14.8. The predicted molar refractivity (Wildman–Crippen MR) is 158 cm³/mol. The van der Waals surface area contributed by atoms with Gasteiger partial charge in [0.25, 0.3) is 11.8 Å². The summed E-state index contributed by atoms with van der Waals surface area (Å²) in [4.78, 5) is 34.7. The van der Waals surface area contributed by atoms with Crippen molar-refractivity contribution in [3.8, 4) is 0 Å². The summed E-state index contributed by atoms with van der Waals surface area (Å²) in [5.41, 5.74) is 5.96. The van der Waals surface area contributed by atoms with Gasteiger partial charge in [-0.05, 0) is 83.4 Å². The van der Waals surface area contributed by atoms with Gasteiger partial charge in [-0.1, -0.05) is 24.3 Å². The molecule has 0 saturated heterocycles. The first kappa shape index (κ1) is 24.4. The number of amides is 2. The number of nitrogens with one attached hydrogen (secondary N) is 3. The maximum atomic E-state index is 13.8. The molecule has 40 heavy (non-hydrogen) atoms. The van der Waals surface area contributed by atoms with Crippen LogP contribution in [0.1, 0.15) is 38.0 Å². The zero-order valence-corrected chi connectivity index (χ0v) is 22.3. The van der Waals surface area contributed by atoms with Crippen molar-refractivity contribution < 1.29 is 14.0 Å². The van der Waals surface area contributed by atoms with Gasteiger partial charge in [0.05, 0.1) is 0 Å². The monoisotopic (exact) mass is 550 g/mol. The third kappa shape index (κ3) is 3.93. The number of H-pyrrole nitrogens is 2. The Bertz CT molecular complexity index is 1990. The lowest BCUT2D eigenvalue weighted by atomic mass is 9.93. The smallest absolute Gasteiger partial charge is 0.274 e. The van der Waals surface area contributed by atoms with Crippen LogP contribution >= 0.6 is 11.6 Å². The van der Waals surface area contributed by atoms with Gasteiger partial charge in [0.15, 0.2) is 0 Å². The zero-order valence-electron chi connectivity index (χ0n) is 21.5. The summed E-state index contributed by atoms with van der Waals surface area (Å²) >= 11 is 6.39. The molecule has 3 heterocycles. The van der Waals surface area contributed by atoms with Gasteiger partial charge in [-0.15, -0.1) is 11.6 Å². The average Bonchev–Trinajstić information content (AvgIpc) is 3.67. The third-order valence-corrected chi connectivity index (χ3v) is 8.11. The summed E-state index contributed by atoms with van der Waals surface area (Å²) in [7, 11) is 0. The molecule has 8 heteroatoms. The van der Waals surface area contributed by atoms with E-state index in [1.807, 2.05) is 29.2 Å². The van der Waals surface area contributed by atoms with Crippen LogP contribution in [0.3, 0.4) is 0 Å². The van der Waals surface area contributed by atoms with Crippen molar-refractivity contribution in [2.45, 2.75) is 12.8 Å². The minimum atomic E-state index is -0.360. The number of halogens is 2. The molecule has 0 spiro atoms. The Labute approximate surface area is 233 Å². The molecule has 198 valence electrons. The predicted octanol–water partition coefficient (Wildman–Crippen LogP) is 7.49. The topological polar surface area (TPSA) is 81.0 Å². The first-order valence-electron chi connectivity index (χ1n) is 13.0. The molecule has 0 unspecified atom stereocenters. The molecule has 0 aliphatic carbocycles. The Hall–Kier alpha value is -4.62. The highest BCUT2D eigenvalue weighted by Crippen LogP contribution is 2.43. The van der Waals surface area contributed by atoms with Crippen LogP contribution in [0.5, 0.6) is 0 Å². The maximum Gasteiger partial charge on any atom is 0.274 e. The summed E-state index contributed by atoms with van der Waals surface area (Å²) in [6.45, 7) is 2.57. The van der Waals surface area contributed by atoms with Gasteiger partial charge in [-0.2, -0.15) is 0 Å². The Morgan fingerprint density at radius 2 is 1.62 bits per heavy atom. The Balaban J connectivity index is 1.18. The molecule has 0 bridgehead atoms. The van der Waals surface area contributed by atoms with Crippen molar-refractivity contribution in [1.82, 2.24) is 9.97 Å². The van der Waals surface area contributed by atoms with Gasteiger partial charge in [0.2, 0.25) is 0 Å². The van der Waals surface area contributed by atoms with E-state index in [0.717, 1.165) is 33.1 Å². The lowest BCUT2D eigenvalue weighted by Crippen LogP contribution is -2.30. The first-order valence-corrected chi connectivity index (χ1v) is 13.6. The van der Waals surface area contributed by atoms with Gasteiger partial charge < -0.3 is 20.2 Å². The van der Waals surface area contributed by atoms with Crippen LogP contribution in [-0.2, 0) is 0 Å². The number of benzene rings is 4. The standard InChI is InChI=1S/C32H24ClFN4O2/c1-17-10-29-30(24-5-3-2-4-23(17)24)20(15-33)16-38(29)32(40)28-14-19-12-22(7-9-26(19)37-28)35-31(39)27-13-18-11-21(34)6-8-25(18)36-27/h2-14,20,36-37H,15-16H2,1H3,(H,35,39)/t20-/m1/s1. The van der Waals surface area contributed by atoms with E-state index in [1.54, 1.807) is 24.3 Å². The summed E-state index contributed by atoms with van der Waals surface area (Å²) in [6, 6.07) is 23.5. The molecule has 2 aromatic heterocycles. The number of aryl methyl sites for hydroxylation is 1. The number of fused-ring (bicyclic) bond motifs is 5. The molecule has 6 aromatic rings. The number of hydrogen-bond donors (Lipinski definition) is 3. The Kier molecular flexibility index (Phi) is 5.64. The minimum absolute atomic E-state index is 0.0402. The van der Waals surface area contributed by atoms with Gasteiger partial charge in [0, 0.05) is 51.5 Å². The number of aromatic amines is 2. The summed E-state index contributed by atoms with van der Waals surface area (Å²) in [5, 5.41) is 6.60. The second-order valence-electron chi connectivity index (χ2n) is 10.3. The van der Waals surface area contributed by atoms with Crippen molar-refractivity contribution in [2.24, 2.45) is 0 Å². The number of hydrogen-bond acceptors (Lipinski definition) is 2. The average molecular weight is 551 g/mol. The van der Waals surface area contributed by atoms with E-state index >= 15 is 0 Å². The van der Waals surface area contributed by atoms with Crippen molar-refractivity contribution in [3.63, 3.8) is 0 Å². The van der Waals surface area contributed by atoms with Crippen molar-refractivity contribution in [1.29, 1.82) is 0 Å². The molecule has 1 aliphatic heterocycles. The van der Waals surface area contributed by atoms with E-state index in [4.69, 9.17) is 11.6 Å². The number of nitrogens with zero attached hydrogens (tertiary/aromatic N) is 1. The second-order valence-corrected chi connectivity index (χ2v) is 10.6. The highest BCUT2D eigenvalue weighted by molar-refractivity contribution is 6.19. The number of rotatable bonds is 4. The van der Waals surface area contributed by atoms with Crippen molar-refractivity contribution in [3.05, 3.63) is 107 Å². The van der Waals surface area contributed by atoms with Gasteiger partial charge in [-0.3, -0.25) is 9.59 Å². The third-order valence-electron chi connectivity index (χ3n) is 7.74. The number of aromatic nitrogens is 2. The van der Waals surface area contributed by atoms with Crippen LogP contribution in [0.15, 0.2) is 78.9 Å². The van der Waals surface area contributed by atoms with Crippen LogP contribution in [0.2, 0.25) is 0 Å². The summed E-state index contributed by atoms with van der Waals surface area (Å²) in [6.07, 6.45) is 0. The second kappa shape index (κ2) is 9.24. The fourth-order valence-electron chi connectivity index (χ4n) is 5.84. The van der Waals surface area contributed by atoms with E-state index in [2.05, 4.69) is 40.4 Å². The van der Waals surface area contributed by atoms with Crippen LogP contribution < -0.4 is 10.2 Å². The zero-order chi connectivity index (χ0) is 27.5. The molecule has 3 N–H and O–H groups in total. The molecule has 6 nitrogen and oxygen atoms in total. The number of carbonyl (C=O) groups excluding carboxylic acids is 2. The van der Waals surface area contributed by atoms with Crippen LogP contribution in [0.25, 0.3) is 32.6 Å². The van der Waals surface area contributed by atoms with Crippen LogP contribution in [0.4, 0.5) is 15.8 Å². The van der Waals surface area contributed by atoms with E-state index in [0.29, 0.717) is 40.4 Å². The lowest BCUT2D eigenvalue weighted by molar-refractivity contribution is 0.0983. The fourth-order valence-corrected chi connectivity index (χ4v) is 6.09. The van der Waals surface area contributed by atoms with Crippen LogP contribution in [0, 0.1) is 12.7 Å². The maximum absolute atomic E-state index is 13.8. The van der Waals surface area contributed by atoms with Gasteiger partial charge in [0.1, 0.15) is 17.2 Å². The molecule has 0 radical (unpaired) electrons. The fraction of sp³-hybridized carbons (Fsp3) is 0.125. The molecule has 1 aliphatic rings. The van der Waals surface area contributed by atoms with Gasteiger partial charge >= 0.3 is 0 Å². The molecule has 0 fully saturated rings. The number of anilines is 2. The lowest BCUT2D eigenvalue weighted by Gasteiger charge is -2.18. The van der Waals surface area contributed by atoms with Crippen molar-refractivity contribution in [2.75, 3.05) is 22.6 Å². The Morgan fingerprint density at radius 3 is 2.42 bits per heavy atom. The highest BCUT2D eigenvalue weighted by atomic mass is 35.5. The largest absolute Gasteiger partial charge is 0.351 e. The van der Waals surface area contributed by atoms with E-state index in [-0.39, 0.29) is 23.5 Å². The van der Waals surface area contributed by atoms with Crippen LogP contribution in [-0.4, -0.2) is 34.2 Å². The number of carbonyl (C=O) groups is 2. The molecule has 4 aromatic carbocycles. The molecule has 1 atom stereocenters. The van der Waals surface area contributed by atoms with Gasteiger partial charge in [-0.25, -0.2) is 4.39 Å². The number of alkyl halides is 1. The minimum Gasteiger partial charge on any atom is -0.351 e. The molecular formula is C32H24ClFN4O2. The molecular weight excluding hydrogens is 527 g/mol.